The van der Waals surface area contributed by atoms with E-state index in [1.54, 1.807) is 44.2 Å². The molecule has 52 heavy (non-hydrogen) atoms. The van der Waals surface area contributed by atoms with Crippen LogP contribution in [0.5, 0.6) is 5.75 Å². The molecule has 1 amide bonds. The Morgan fingerprint density at radius 1 is 1.06 bits per heavy atom. The molecule has 0 aliphatic carbocycles. The van der Waals surface area contributed by atoms with E-state index in [9.17, 15) is 32.3 Å². The van der Waals surface area contributed by atoms with E-state index >= 15 is 0 Å². The largest absolute Gasteiger partial charge is 0.573 e. The second-order valence-electron chi connectivity index (χ2n) is 11.4. The smallest absolute Gasteiger partial charge is 0.465 e. The topological polar surface area (TPSA) is 150 Å². The molecule has 0 spiro atoms. The van der Waals surface area contributed by atoms with E-state index in [0.29, 0.717) is 34.9 Å². The van der Waals surface area contributed by atoms with Crippen molar-refractivity contribution in [2.75, 3.05) is 6.61 Å². The van der Waals surface area contributed by atoms with Crippen LogP contribution in [0.15, 0.2) is 87.8 Å². The highest BCUT2D eigenvalue weighted by molar-refractivity contribution is 7.03. The second-order valence-corrected chi connectivity index (χ2v) is 12.4. The number of carboxylic acid groups (broad SMARTS) is 1. The van der Waals surface area contributed by atoms with Gasteiger partial charge in [-0.15, -0.1) is 18.3 Å². The molecule has 1 unspecified atom stereocenters. The van der Waals surface area contributed by atoms with Gasteiger partial charge in [-0.2, -0.15) is 4.99 Å². The maximum absolute atomic E-state index is 14.5. The molecular weight excluding hydrogens is 708 g/mol. The number of aryl methyl sites for hydroxylation is 1. The van der Waals surface area contributed by atoms with Gasteiger partial charge >= 0.3 is 24.2 Å². The number of amidine groups is 1. The number of nitrogens with zero attached hydrogens (tertiary/aromatic N) is 7. The van der Waals surface area contributed by atoms with Crippen LogP contribution in [0.2, 0.25) is 0 Å². The van der Waals surface area contributed by atoms with Crippen LogP contribution < -0.4 is 20.5 Å². The van der Waals surface area contributed by atoms with Gasteiger partial charge in [0.15, 0.2) is 5.82 Å². The highest BCUT2D eigenvalue weighted by Crippen LogP contribution is 2.25. The van der Waals surface area contributed by atoms with Crippen LogP contribution in [0.3, 0.4) is 0 Å². The third-order valence-electron chi connectivity index (χ3n) is 7.42. The molecule has 13 nitrogen and oxygen atoms in total. The maximum Gasteiger partial charge on any atom is 0.573 e. The van der Waals surface area contributed by atoms with E-state index in [1.165, 1.54) is 55.9 Å². The van der Waals surface area contributed by atoms with E-state index < -0.39 is 30.1 Å². The van der Waals surface area contributed by atoms with Crippen molar-refractivity contribution in [3.8, 4) is 28.5 Å². The Morgan fingerprint density at radius 3 is 2.38 bits per heavy atom. The summed E-state index contributed by atoms with van der Waals surface area (Å²) in [4.78, 5) is 38.7. The Labute approximate surface area is 298 Å². The van der Waals surface area contributed by atoms with Crippen LogP contribution in [0.4, 0.5) is 22.4 Å². The van der Waals surface area contributed by atoms with Crippen molar-refractivity contribution in [1.29, 1.82) is 0 Å². The van der Waals surface area contributed by atoms with Crippen molar-refractivity contribution >= 4 is 23.6 Å². The van der Waals surface area contributed by atoms with Crippen LogP contribution in [-0.2, 0) is 17.7 Å². The Balaban J connectivity index is 1.42. The number of hydrogen-bond donors (Lipinski definition) is 2. The summed E-state index contributed by atoms with van der Waals surface area (Å²) in [6.45, 7) is 7.79. The molecule has 0 radical (unpaired) electrons. The first-order valence-electron chi connectivity index (χ1n) is 16.0. The van der Waals surface area contributed by atoms with E-state index in [-0.39, 0.29) is 35.5 Å². The molecule has 18 heteroatoms. The monoisotopic (exact) mass is 742 g/mol. The number of ether oxygens (including phenoxy) is 2. The Bertz CT molecular complexity index is 2170. The van der Waals surface area contributed by atoms with Crippen molar-refractivity contribution in [2.24, 2.45) is 9.98 Å². The maximum atomic E-state index is 14.5. The minimum atomic E-state index is -4.80. The lowest BCUT2D eigenvalue weighted by Crippen LogP contribution is -2.35. The summed E-state index contributed by atoms with van der Waals surface area (Å²) in [6, 6.07) is 16.1. The summed E-state index contributed by atoms with van der Waals surface area (Å²) in [7, 11) is 0. The van der Waals surface area contributed by atoms with Crippen LogP contribution in [0, 0.1) is 5.82 Å². The van der Waals surface area contributed by atoms with E-state index in [1.807, 2.05) is 13.8 Å². The van der Waals surface area contributed by atoms with E-state index in [0.717, 1.165) is 17.1 Å². The fourth-order valence-corrected chi connectivity index (χ4v) is 5.96. The normalized spacial score (nSPS) is 13.0. The zero-order valence-corrected chi connectivity index (χ0v) is 29.2. The summed E-state index contributed by atoms with van der Waals surface area (Å²) < 4.78 is 65.7. The van der Waals surface area contributed by atoms with Gasteiger partial charge in [0.05, 0.1) is 18.0 Å². The molecule has 2 aromatic heterocycles. The van der Waals surface area contributed by atoms with Crippen LogP contribution in [-0.4, -0.2) is 59.6 Å². The minimum Gasteiger partial charge on any atom is -0.465 e. The van der Waals surface area contributed by atoms with Crippen molar-refractivity contribution in [3.63, 3.8) is 0 Å². The zero-order chi connectivity index (χ0) is 37.6. The second kappa shape index (κ2) is 16.1. The SMILES string of the molecule is CCOC(=N\C(Cc1ccc(-c2ncn(-c3ccc(OC(F)(F)F)cc3)n2)cc1)NC(=O)O)/N=c1\sn(CC)c(=O)n1-c1cc(F)ccc1C(C)C. The molecule has 2 heterocycles. The molecule has 0 aliphatic heterocycles. The number of halogens is 4. The minimum absolute atomic E-state index is 0.0464. The number of alkyl halides is 3. The molecule has 1 atom stereocenters. The fraction of sp³-hybridized carbons (Fsp3) is 0.294. The molecule has 5 rings (SSSR count). The predicted octanol–water partition coefficient (Wildman–Crippen LogP) is 6.26. The molecule has 5 aromatic rings. The summed E-state index contributed by atoms with van der Waals surface area (Å²) in [5.41, 5.74) is 2.38. The number of benzene rings is 3. The lowest BCUT2D eigenvalue weighted by molar-refractivity contribution is -0.274. The lowest BCUT2D eigenvalue weighted by Gasteiger charge is -2.14. The van der Waals surface area contributed by atoms with Crippen molar-refractivity contribution in [1.82, 2.24) is 28.6 Å². The molecule has 3 aromatic carbocycles. The van der Waals surface area contributed by atoms with Gasteiger partial charge < -0.3 is 14.6 Å². The van der Waals surface area contributed by atoms with Gasteiger partial charge in [0, 0.05) is 18.5 Å². The summed E-state index contributed by atoms with van der Waals surface area (Å²) >= 11 is 1.03. The van der Waals surface area contributed by atoms with Crippen LogP contribution >= 0.6 is 11.5 Å². The van der Waals surface area contributed by atoms with Crippen molar-refractivity contribution in [3.05, 3.63) is 105 Å². The standard InChI is InChI=1S/C34H34F4N8O5S/c1-5-45-33(49)46(27-18-23(35)11-16-26(27)20(3)4)31(52-45)42-30(50-6-2)40-28(41-32(47)48)17-21-7-9-22(10-8-21)29-39-19-44(43-29)24-12-14-25(15-13-24)51-34(36,37)38/h7-16,18-20,28,41H,5-6,17H2,1-4H3,(H,47,48)/b40-30-,42-31-. The average Bonchev–Trinajstić information content (AvgIpc) is 3.69. The van der Waals surface area contributed by atoms with E-state index in [2.05, 4.69) is 30.1 Å². The van der Waals surface area contributed by atoms with E-state index in [4.69, 9.17) is 4.74 Å². The molecule has 0 fully saturated rings. The van der Waals surface area contributed by atoms with Gasteiger partial charge in [0.1, 0.15) is 24.1 Å². The Hall–Kier alpha value is -5.78. The lowest BCUT2D eigenvalue weighted by atomic mass is 10.0. The van der Waals surface area contributed by atoms with Crippen molar-refractivity contribution < 1.29 is 36.9 Å². The quantitative estimate of drug-likeness (QED) is 0.0922. The number of amides is 1. The predicted molar refractivity (Wildman–Crippen MR) is 184 cm³/mol. The first-order valence-corrected chi connectivity index (χ1v) is 16.8. The third kappa shape index (κ3) is 9.30. The van der Waals surface area contributed by atoms with Crippen LogP contribution in [0.25, 0.3) is 22.8 Å². The van der Waals surface area contributed by atoms with Crippen molar-refractivity contribution in [2.45, 2.75) is 59.1 Å². The Morgan fingerprint density at radius 2 is 1.77 bits per heavy atom. The first-order chi connectivity index (χ1) is 24.7. The zero-order valence-electron chi connectivity index (χ0n) is 28.3. The summed E-state index contributed by atoms with van der Waals surface area (Å²) in [5, 5.41) is 16.4. The number of aliphatic imine (C=N–C) groups is 1. The molecule has 0 saturated heterocycles. The number of carbonyl (C=O) groups is 1. The van der Waals surface area contributed by atoms with Gasteiger partial charge in [0.2, 0.25) is 4.80 Å². The molecular formula is C34H34F4N8O5S. The molecule has 0 saturated carbocycles. The van der Waals surface area contributed by atoms with Gasteiger partial charge in [-0.1, -0.05) is 44.2 Å². The molecule has 2 N–H and O–H groups in total. The molecule has 274 valence electrons. The third-order valence-corrected chi connectivity index (χ3v) is 8.49. The number of rotatable bonds is 11. The Kier molecular flexibility index (Phi) is 11.6. The van der Waals surface area contributed by atoms with Crippen LogP contribution in [0.1, 0.15) is 44.7 Å². The highest BCUT2D eigenvalue weighted by Gasteiger charge is 2.31. The van der Waals surface area contributed by atoms with Gasteiger partial charge in [-0.25, -0.2) is 37.2 Å². The number of aromatic nitrogens is 5. The summed E-state index contributed by atoms with van der Waals surface area (Å²) in [6.07, 6.45) is -5.71. The average molecular weight is 743 g/mol. The summed E-state index contributed by atoms with van der Waals surface area (Å²) in [5.74, 6) is -0.605. The first kappa shape index (κ1) is 37.5. The molecule has 0 bridgehead atoms. The van der Waals surface area contributed by atoms with Gasteiger partial charge in [0.25, 0.3) is 0 Å². The van der Waals surface area contributed by atoms with Gasteiger partial charge in [-0.3, -0.25) is 5.32 Å². The fourth-order valence-electron chi connectivity index (χ4n) is 5.09. The number of nitrogens with one attached hydrogen (secondary N) is 1. The number of hydrogen-bond acceptors (Lipinski definition) is 8. The highest BCUT2D eigenvalue weighted by atomic mass is 32.1. The van der Waals surface area contributed by atoms with Gasteiger partial charge in [-0.05, 0) is 78.8 Å². The molecule has 0 aliphatic rings.